The van der Waals surface area contributed by atoms with Gasteiger partial charge in [0, 0.05) is 12.1 Å². The molecule has 0 aliphatic carbocycles. The average Bonchev–Trinajstić information content (AvgIpc) is 2.68. The van der Waals surface area contributed by atoms with Gasteiger partial charge in [0.2, 0.25) is 5.91 Å². The van der Waals surface area contributed by atoms with Crippen LogP contribution in [0.5, 0.6) is 11.5 Å². The van der Waals surface area contributed by atoms with Crippen LogP contribution in [0, 0.1) is 6.92 Å². The summed E-state index contributed by atoms with van der Waals surface area (Å²) in [6.07, 6.45) is 0. The molecule has 0 heterocycles. The molecule has 1 N–H and O–H groups in total. The summed E-state index contributed by atoms with van der Waals surface area (Å²) in [7, 11) is 5.09. The number of hydrogen-bond acceptors (Lipinski definition) is 5. The molecule has 0 aliphatic rings. The van der Waals surface area contributed by atoms with Gasteiger partial charge in [0.1, 0.15) is 0 Å². The minimum atomic E-state index is -0.396. The highest BCUT2D eigenvalue weighted by Crippen LogP contribution is 2.31. The van der Waals surface area contributed by atoms with Crippen LogP contribution in [0.4, 0.5) is 5.69 Å². The van der Waals surface area contributed by atoms with Gasteiger partial charge in [-0.15, -0.1) is 0 Å². The van der Waals surface area contributed by atoms with E-state index in [1.165, 1.54) is 6.92 Å². The fourth-order valence-electron chi connectivity index (χ4n) is 2.94. The van der Waals surface area contributed by atoms with Crippen molar-refractivity contribution in [2.45, 2.75) is 33.4 Å². The van der Waals surface area contributed by atoms with Crippen molar-refractivity contribution in [1.82, 2.24) is 4.90 Å². The lowest BCUT2D eigenvalue weighted by Gasteiger charge is -2.25. The van der Waals surface area contributed by atoms with Crippen LogP contribution in [-0.4, -0.2) is 43.9 Å². The zero-order chi connectivity index (χ0) is 20.8. The Morgan fingerprint density at radius 2 is 1.71 bits per heavy atom. The van der Waals surface area contributed by atoms with Crippen LogP contribution in [0.15, 0.2) is 36.4 Å². The molecule has 0 bridgehead atoms. The Hall–Kier alpha value is -2.86. The number of nitrogens with zero attached hydrogens (tertiary/aromatic N) is 1. The zero-order valence-corrected chi connectivity index (χ0v) is 17.3. The van der Waals surface area contributed by atoms with Crippen molar-refractivity contribution >= 4 is 17.4 Å². The number of ether oxygens (including phenoxy) is 2. The number of aryl methyl sites for hydroxylation is 1. The van der Waals surface area contributed by atoms with Crippen molar-refractivity contribution in [3.63, 3.8) is 0 Å². The molecular formula is C22H28N2O4. The summed E-state index contributed by atoms with van der Waals surface area (Å²) in [5.41, 5.74) is 3.13. The summed E-state index contributed by atoms with van der Waals surface area (Å²) in [5.74, 6) is 1.08. The Bertz CT molecular complexity index is 864. The van der Waals surface area contributed by atoms with E-state index in [0.717, 1.165) is 11.1 Å². The summed E-state index contributed by atoms with van der Waals surface area (Å²) in [6.45, 7) is 5.89. The monoisotopic (exact) mass is 384 g/mol. The zero-order valence-electron chi connectivity index (χ0n) is 17.3. The maximum atomic E-state index is 12.7. The molecule has 6 nitrogen and oxygen atoms in total. The second-order valence-corrected chi connectivity index (χ2v) is 6.82. The van der Waals surface area contributed by atoms with E-state index < -0.39 is 6.04 Å². The molecule has 28 heavy (non-hydrogen) atoms. The quantitative estimate of drug-likeness (QED) is 0.704. The van der Waals surface area contributed by atoms with Crippen LogP contribution in [0.2, 0.25) is 0 Å². The molecule has 1 amide bonds. The number of amides is 1. The second-order valence-electron chi connectivity index (χ2n) is 6.82. The number of anilines is 1. The molecule has 0 fully saturated rings. The molecule has 0 aromatic heterocycles. The molecular weight excluding hydrogens is 356 g/mol. The Morgan fingerprint density at radius 3 is 2.32 bits per heavy atom. The lowest BCUT2D eigenvalue weighted by molar-refractivity contribution is -0.120. The molecule has 2 rings (SSSR count). The summed E-state index contributed by atoms with van der Waals surface area (Å²) >= 11 is 0. The van der Waals surface area contributed by atoms with Crippen molar-refractivity contribution in [3.8, 4) is 11.5 Å². The van der Waals surface area contributed by atoms with Crippen molar-refractivity contribution in [2.24, 2.45) is 0 Å². The maximum absolute atomic E-state index is 12.7. The first-order valence-corrected chi connectivity index (χ1v) is 9.11. The highest BCUT2D eigenvalue weighted by molar-refractivity contribution is 6.04. The van der Waals surface area contributed by atoms with E-state index in [-0.39, 0.29) is 11.7 Å². The first-order valence-electron chi connectivity index (χ1n) is 9.11. The Balaban J connectivity index is 2.14. The molecule has 1 atom stereocenters. The van der Waals surface area contributed by atoms with Crippen LogP contribution in [0.25, 0.3) is 0 Å². The largest absolute Gasteiger partial charge is 0.493 e. The lowest BCUT2D eigenvalue weighted by Crippen LogP contribution is -2.39. The number of carbonyl (C=O) groups is 2. The fourth-order valence-corrected chi connectivity index (χ4v) is 2.94. The fraction of sp³-hybridized carbons (Fsp3) is 0.364. The summed E-state index contributed by atoms with van der Waals surface area (Å²) in [5, 5.41) is 2.87. The predicted octanol–water partition coefficient (Wildman–Crippen LogP) is 3.67. The second kappa shape index (κ2) is 9.37. The van der Waals surface area contributed by atoms with E-state index in [9.17, 15) is 9.59 Å². The van der Waals surface area contributed by atoms with Crippen molar-refractivity contribution in [1.29, 1.82) is 0 Å². The normalized spacial score (nSPS) is 11.8. The van der Waals surface area contributed by atoms with Gasteiger partial charge in [0.05, 0.1) is 25.9 Å². The number of likely N-dealkylation sites (N-methyl/N-ethyl adjacent to an activating group) is 1. The van der Waals surface area contributed by atoms with Crippen LogP contribution in [-0.2, 0) is 11.3 Å². The third-order valence-electron chi connectivity index (χ3n) is 4.87. The van der Waals surface area contributed by atoms with E-state index in [0.29, 0.717) is 29.3 Å². The predicted molar refractivity (Wildman–Crippen MR) is 110 cm³/mol. The molecule has 0 saturated carbocycles. The number of nitrogens with one attached hydrogen (secondary N) is 1. The topological polar surface area (TPSA) is 67.9 Å². The van der Waals surface area contributed by atoms with Crippen molar-refractivity contribution in [2.75, 3.05) is 26.6 Å². The van der Waals surface area contributed by atoms with E-state index in [1.807, 2.05) is 37.9 Å². The number of ketones is 1. The molecule has 6 heteroatoms. The number of rotatable bonds is 8. The Kier molecular flexibility index (Phi) is 7.18. The van der Waals surface area contributed by atoms with Gasteiger partial charge in [-0.3, -0.25) is 14.5 Å². The maximum Gasteiger partial charge on any atom is 0.241 e. The standard InChI is InChI=1S/C22H28N2O4/c1-14-11-20(27-5)21(28-6)12-17(14)13-24(4)15(2)22(26)23-19-10-8-7-9-18(19)16(3)25/h7-12,15H,13H2,1-6H3,(H,23,26)/t15-/m1/s1. The first kappa shape index (κ1) is 21.4. The Morgan fingerprint density at radius 1 is 1.11 bits per heavy atom. The van der Waals surface area contributed by atoms with E-state index in [1.54, 1.807) is 38.5 Å². The molecule has 150 valence electrons. The number of benzene rings is 2. The van der Waals surface area contributed by atoms with Gasteiger partial charge < -0.3 is 14.8 Å². The van der Waals surface area contributed by atoms with Gasteiger partial charge >= 0.3 is 0 Å². The molecule has 2 aromatic carbocycles. The van der Waals surface area contributed by atoms with Gasteiger partial charge in [-0.1, -0.05) is 12.1 Å². The molecule has 0 aliphatic heterocycles. The third-order valence-corrected chi connectivity index (χ3v) is 4.87. The first-order chi connectivity index (χ1) is 13.3. The van der Waals surface area contributed by atoms with Crippen LogP contribution in [0.3, 0.4) is 0 Å². The van der Waals surface area contributed by atoms with Crippen LogP contribution < -0.4 is 14.8 Å². The Labute approximate surface area is 166 Å². The summed E-state index contributed by atoms with van der Waals surface area (Å²) in [6, 6.07) is 10.5. The number of para-hydroxylation sites is 1. The van der Waals surface area contributed by atoms with Gasteiger partial charge in [-0.05, 0) is 63.2 Å². The highest BCUT2D eigenvalue weighted by atomic mass is 16.5. The minimum absolute atomic E-state index is 0.0853. The third kappa shape index (κ3) is 4.89. The lowest BCUT2D eigenvalue weighted by atomic mass is 10.1. The van der Waals surface area contributed by atoms with Gasteiger partial charge in [0.15, 0.2) is 17.3 Å². The van der Waals surface area contributed by atoms with E-state index in [4.69, 9.17) is 9.47 Å². The van der Waals surface area contributed by atoms with Gasteiger partial charge in [-0.25, -0.2) is 0 Å². The SMILES string of the molecule is COc1cc(C)c(CN(C)[C@H](C)C(=O)Nc2ccccc2C(C)=O)cc1OC. The highest BCUT2D eigenvalue weighted by Gasteiger charge is 2.21. The minimum Gasteiger partial charge on any atom is -0.493 e. The average molecular weight is 384 g/mol. The van der Waals surface area contributed by atoms with Crippen LogP contribution in [0.1, 0.15) is 35.3 Å². The van der Waals surface area contributed by atoms with Gasteiger partial charge in [-0.2, -0.15) is 0 Å². The van der Waals surface area contributed by atoms with Crippen molar-refractivity contribution < 1.29 is 19.1 Å². The van der Waals surface area contributed by atoms with Crippen LogP contribution >= 0.6 is 0 Å². The molecule has 0 radical (unpaired) electrons. The molecule has 0 unspecified atom stereocenters. The molecule has 2 aromatic rings. The number of hydrogen-bond donors (Lipinski definition) is 1. The summed E-state index contributed by atoms with van der Waals surface area (Å²) in [4.78, 5) is 26.4. The smallest absolute Gasteiger partial charge is 0.241 e. The molecule has 0 saturated heterocycles. The number of carbonyl (C=O) groups excluding carboxylic acids is 2. The summed E-state index contributed by atoms with van der Waals surface area (Å²) < 4.78 is 10.7. The van der Waals surface area contributed by atoms with E-state index in [2.05, 4.69) is 5.32 Å². The van der Waals surface area contributed by atoms with Crippen molar-refractivity contribution in [3.05, 3.63) is 53.1 Å². The molecule has 0 spiro atoms. The number of methoxy groups -OCH3 is 2. The number of Topliss-reactive ketones (excluding diaryl/α,β-unsaturated/α-hetero) is 1. The van der Waals surface area contributed by atoms with E-state index >= 15 is 0 Å². The van der Waals surface area contributed by atoms with Gasteiger partial charge in [0.25, 0.3) is 0 Å².